The summed E-state index contributed by atoms with van der Waals surface area (Å²) in [4.78, 5) is 26.0. The van der Waals surface area contributed by atoms with E-state index in [9.17, 15) is 14.7 Å². The lowest BCUT2D eigenvalue weighted by atomic mass is 9.72. The fraction of sp³-hybridized carbons (Fsp3) is 0.900. The summed E-state index contributed by atoms with van der Waals surface area (Å²) < 4.78 is 5.72. The van der Waals surface area contributed by atoms with Gasteiger partial charge in [-0.2, -0.15) is 0 Å². The van der Waals surface area contributed by atoms with Crippen molar-refractivity contribution < 1.29 is 19.4 Å². The zero-order chi connectivity index (χ0) is 18.0. The van der Waals surface area contributed by atoms with E-state index >= 15 is 0 Å². The van der Waals surface area contributed by atoms with E-state index in [-0.39, 0.29) is 17.9 Å². The van der Waals surface area contributed by atoms with E-state index in [1.807, 2.05) is 4.90 Å². The zero-order valence-corrected chi connectivity index (χ0v) is 15.7. The van der Waals surface area contributed by atoms with Crippen molar-refractivity contribution in [2.24, 2.45) is 23.2 Å². The Hall–Kier alpha value is -1.10. The number of carbonyl (C=O) groups is 2. The molecule has 1 N–H and O–H groups in total. The minimum Gasteiger partial charge on any atom is -0.481 e. The van der Waals surface area contributed by atoms with Gasteiger partial charge in [0, 0.05) is 26.1 Å². The normalized spacial score (nSPS) is 31.2. The summed E-state index contributed by atoms with van der Waals surface area (Å²) in [6.07, 6.45) is 7.70. The number of hydrogen-bond acceptors (Lipinski definition) is 3. The highest BCUT2D eigenvalue weighted by atomic mass is 16.5. The lowest BCUT2D eigenvalue weighted by molar-refractivity contribution is -0.146. The summed E-state index contributed by atoms with van der Waals surface area (Å²) in [6, 6.07) is 0. The molecule has 0 aromatic heterocycles. The first-order chi connectivity index (χ1) is 11.9. The minimum absolute atomic E-state index is 0.157. The van der Waals surface area contributed by atoms with E-state index < -0.39 is 5.97 Å². The molecule has 1 unspecified atom stereocenters. The van der Waals surface area contributed by atoms with Crippen LogP contribution in [0, 0.1) is 23.2 Å². The number of nitrogens with zero attached hydrogens (tertiary/aromatic N) is 1. The number of hydrogen-bond donors (Lipinski definition) is 1. The van der Waals surface area contributed by atoms with E-state index in [1.165, 1.54) is 25.7 Å². The lowest BCUT2D eigenvalue weighted by Crippen LogP contribution is -2.43. The first kappa shape index (κ1) is 18.7. The Balaban J connectivity index is 1.44. The van der Waals surface area contributed by atoms with Crippen LogP contribution >= 0.6 is 0 Å². The van der Waals surface area contributed by atoms with E-state index in [4.69, 9.17) is 4.74 Å². The number of carbonyl (C=O) groups excluding carboxylic acids is 1. The van der Waals surface area contributed by atoms with Crippen LogP contribution in [0.3, 0.4) is 0 Å². The van der Waals surface area contributed by atoms with E-state index in [0.29, 0.717) is 36.7 Å². The Bertz CT molecular complexity index is 486. The van der Waals surface area contributed by atoms with Gasteiger partial charge in [-0.25, -0.2) is 0 Å². The fourth-order valence-electron chi connectivity index (χ4n) is 4.86. The molecule has 1 amide bonds. The summed E-state index contributed by atoms with van der Waals surface area (Å²) >= 11 is 0. The summed E-state index contributed by atoms with van der Waals surface area (Å²) in [7, 11) is 0. The van der Waals surface area contributed by atoms with Crippen molar-refractivity contribution in [3.05, 3.63) is 0 Å². The minimum atomic E-state index is -0.735. The molecule has 1 aliphatic carbocycles. The molecule has 0 aromatic carbocycles. The molecular weight excluding hydrogens is 318 g/mol. The standard InChI is InChI=1S/C20H33NO4/c1-20(2)8-3-14(4-9-20)13-17(22)21-10-5-15(6-11-21)18-16(19(23)24)7-12-25-18/h14-16,18H,3-13H2,1-2H3,(H,23,24)/t16?,18-/m0/s1. The topological polar surface area (TPSA) is 66.8 Å². The van der Waals surface area contributed by atoms with Crippen molar-refractivity contribution in [2.75, 3.05) is 19.7 Å². The summed E-state index contributed by atoms with van der Waals surface area (Å²) in [6.45, 7) is 6.72. The Labute approximate surface area is 151 Å². The summed E-state index contributed by atoms with van der Waals surface area (Å²) in [5.74, 6) is 0.0280. The van der Waals surface area contributed by atoms with Gasteiger partial charge in [-0.05, 0) is 62.2 Å². The monoisotopic (exact) mass is 351 g/mol. The van der Waals surface area contributed by atoms with Gasteiger partial charge < -0.3 is 14.7 Å². The van der Waals surface area contributed by atoms with Gasteiger partial charge in [-0.3, -0.25) is 9.59 Å². The maximum absolute atomic E-state index is 12.6. The second-order valence-electron chi connectivity index (χ2n) is 9.10. The number of ether oxygens (including phenoxy) is 1. The van der Waals surface area contributed by atoms with Crippen LogP contribution in [-0.2, 0) is 14.3 Å². The average Bonchev–Trinajstić information content (AvgIpc) is 3.07. The lowest BCUT2D eigenvalue weighted by Gasteiger charge is -2.37. The predicted octanol–water partition coefficient (Wildman–Crippen LogP) is 3.32. The quantitative estimate of drug-likeness (QED) is 0.844. The first-order valence-corrected chi connectivity index (χ1v) is 9.98. The highest BCUT2D eigenvalue weighted by Gasteiger charge is 2.41. The van der Waals surface area contributed by atoms with Gasteiger partial charge in [0.25, 0.3) is 0 Å². The van der Waals surface area contributed by atoms with Crippen LogP contribution in [0.1, 0.15) is 65.2 Å². The molecule has 3 fully saturated rings. The van der Waals surface area contributed by atoms with Crippen molar-refractivity contribution in [3.8, 4) is 0 Å². The number of carboxylic acids is 1. The molecule has 25 heavy (non-hydrogen) atoms. The van der Waals surface area contributed by atoms with Crippen molar-refractivity contribution >= 4 is 11.9 Å². The van der Waals surface area contributed by atoms with Crippen LogP contribution in [0.5, 0.6) is 0 Å². The van der Waals surface area contributed by atoms with Crippen molar-refractivity contribution in [3.63, 3.8) is 0 Å². The van der Waals surface area contributed by atoms with Gasteiger partial charge in [-0.1, -0.05) is 13.8 Å². The molecule has 3 aliphatic rings. The third-order valence-electron chi connectivity index (χ3n) is 6.73. The van der Waals surface area contributed by atoms with Gasteiger partial charge in [0.15, 0.2) is 0 Å². The van der Waals surface area contributed by atoms with Gasteiger partial charge in [0.2, 0.25) is 5.91 Å². The molecule has 0 radical (unpaired) electrons. The molecule has 1 saturated carbocycles. The van der Waals surface area contributed by atoms with Gasteiger partial charge in [-0.15, -0.1) is 0 Å². The highest BCUT2D eigenvalue weighted by molar-refractivity contribution is 5.76. The van der Waals surface area contributed by atoms with E-state index in [1.54, 1.807) is 0 Å². The number of carboxylic acid groups (broad SMARTS) is 1. The predicted molar refractivity (Wildman–Crippen MR) is 95.1 cm³/mol. The van der Waals surface area contributed by atoms with Crippen LogP contribution in [0.25, 0.3) is 0 Å². The van der Waals surface area contributed by atoms with Crippen molar-refractivity contribution in [2.45, 2.75) is 71.3 Å². The fourth-order valence-corrected chi connectivity index (χ4v) is 4.86. The molecular formula is C20H33NO4. The maximum atomic E-state index is 12.6. The molecule has 2 aliphatic heterocycles. The molecule has 5 heteroatoms. The first-order valence-electron chi connectivity index (χ1n) is 9.98. The van der Waals surface area contributed by atoms with Crippen LogP contribution in [0.4, 0.5) is 0 Å². The Morgan fingerprint density at radius 1 is 1.08 bits per heavy atom. The molecule has 2 heterocycles. The third kappa shape index (κ3) is 4.55. The number of piperidine rings is 1. The Kier molecular flexibility index (Phi) is 5.71. The second kappa shape index (κ2) is 7.65. The zero-order valence-electron chi connectivity index (χ0n) is 15.7. The van der Waals surface area contributed by atoms with Crippen LogP contribution in [0.2, 0.25) is 0 Å². The Morgan fingerprint density at radius 3 is 2.32 bits per heavy atom. The largest absolute Gasteiger partial charge is 0.481 e. The molecule has 2 atom stereocenters. The van der Waals surface area contributed by atoms with Crippen molar-refractivity contribution in [1.29, 1.82) is 0 Å². The summed E-state index contributed by atoms with van der Waals surface area (Å²) in [5, 5.41) is 9.33. The molecule has 5 nitrogen and oxygen atoms in total. The van der Waals surface area contributed by atoms with Gasteiger partial charge in [0.1, 0.15) is 0 Å². The highest BCUT2D eigenvalue weighted by Crippen LogP contribution is 2.39. The van der Waals surface area contributed by atoms with E-state index in [2.05, 4.69) is 13.8 Å². The smallest absolute Gasteiger partial charge is 0.309 e. The molecule has 0 bridgehead atoms. The Morgan fingerprint density at radius 2 is 1.72 bits per heavy atom. The average molecular weight is 351 g/mol. The molecule has 142 valence electrons. The van der Waals surface area contributed by atoms with Crippen LogP contribution < -0.4 is 0 Å². The van der Waals surface area contributed by atoms with Crippen LogP contribution in [-0.4, -0.2) is 47.7 Å². The molecule has 3 rings (SSSR count). The van der Waals surface area contributed by atoms with Gasteiger partial charge >= 0.3 is 5.97 Å². The SMILES string of the molecule is CC1(C)CCC(CC(=O)N2CCC([C@@H]3OCCC3C(=O)O)CC2)CC1. The third-order valence-corrected chi connectivity index (χ3v) is 6.73. The van der Waals surface area contributed by atoms with Gasteiger partial charge in [0.05, 0.1) is 12.0 Å². The van der Waals surface area contributed by atoms with Crippen LogP contribution in [0.15, 0.2) is 0 Å². The maximum Gasteiger partial charge on any atom is 0.309 e. The molecule has 2 saturated heterocycles. The molecule has 0 aromatic rings. The van der Waals surface area contributed by atoms with E-state index in [0.717, 1.165) is 25.9 Å². The second-order valence-corrected chi connectivity index (χ2v) is 9.10. The van der Waals surface area contributed by atoms with Crippen molar-refractivity contribution in [1.82, 2.24) is 4.90 Å². The summed E-state index contributed by atoms with van der Waals surface area (Å²) in [5.41, 5.74) is 0.444. The number of rotatable bonds is 4. The molecule has 0 spiro atoms. The number of amides is 1. The number of aliphatic carboxylic acids is 1. The number of likely N-dealkylation sites (tertiary alicyclic amines) is 1.